The summed E-state index contributed by atoms with van der Waals surface area (Å²) < 4.78 is 0. The molecule has 2 N–H and O–H groups in total. The minimum Gasteiger partial charge on any atom is -0.340 e. The smallest absolute Gasteiger partial charge is 0.149 e. The standard InChI is InChI=1S/C10H14N4S/c1-7(2)12-3-8-4-13-10(14-8)9-5-11-6-15-9/h4-7,12H,3H2,1-2H3,(H,13,14). The summed E-state index contributed by atoms with van der Waals surface area (Å²) in [6.07, 6.45) is 3.69. The van der Waals surface area contributed by atoms with E-state index < -0.39 is 0 Å². The summed E-state index contributed by atoms with van der Waals surface area (Å²) in [5.41, 5.74) is 2.91. The van der Waals surface area contributed by atoms with E-state index >= 15 is 0 Å². The highest BCUT2D eigenvalue weighted by atomic mass is 32.1. The topological polar surface area (TPSA) is 53.6 Å². The number of aromatic amines is 1. The summed E-state index contributed by atoms with van der Waals surface area (Å²) in [6, 6.07) is 0.486. The van der Waals surface area contributed by atoms with E-state index in [1.165, 1.54) is 0 Å². The zero-order chi connectivity index (χ0) is 10.7. The number of nitrogens with zero attached hydrogens (tertiary/aromatic N) is 2. The van der Waals surface area contributed by atoms with Crippen molar-refractivity contribution in [3.8, 4) is 10.7 Å². The van der Waals surface area contributed by atoms with Gasteiger partial charge in [-0.3, -0.25) is 4.98 Å². The highest BCUT2D eigenvalue weighted by Crippen LogP contribution is 2.19. The third-order valence-corrected chi connectivity index (χ3v) is 2.77. The van der Waals surface area contributed by atoms with Crippen molar-refractivity contribution in [1.82, 2.24) is 20.3 Å². The van der Waals surface area contributed by atoms with E-state index in [-0.39, 0.29) is 0 Å². The molecule has 0 aliphatic carbocycles. The van der Waals surface area contributed by atoms with Crippen LogP contribution < -0.4 is 5.32 Å². The van der Waals surface area contributed by atoms with Crippen molar-refractivity contribution in [1.29, 1.82) is 0 Å². The minimum atomic E-state index is 0.486. The van der Waals surface area contributed by atoms with Crippen LogP contribution in [0.4, 0.5) is 0 Å². The second-order valence-corrected chi connectivity index (χ2v) is 4.54. The lowest BCUT2D eigenvalue weighted by molar-refractivity contribution is 0.583. The summed E-state index contributed by atoms with van der Waals surface area (Å²) in [6.45, 7) is 5.07. The van der Waals surface area contributed by atoms with Crippen molar-refractivity contribution >= 4 is 11.3 Å². The molecule has 0 aliphatic heterocycles. The Morgan fingerprint density at radius 1 is 1.47 bits per heavy atom. The van der Waals surface area contributed by atoms with Crippen LogP contribution in [0.1, 0.15) is 19.5 Å². The molecule has 0 aliphatic rings. The zero-order valence-corrected chi connectivity index (χ0v) is 9.64. The second-order valence-electron chi connectivity index (χ2n) is 3.66. The van der Waals surface area contributed by atoms with Crippen molar-refractivity contribution in [2.75, 3.05) is 0 Å². The van der Waals surface area contributed by atoms with Gasteiger partial charge in [0, 0.05) is 30.7 Å². The van der Waals surface area contributed by atoms with Gasteiger partial charge in [0.05, 0.1) is 10.4 Å². The summed E-state index contributed by atoms with van der Waals surface area (Å²) in [4.78, 5) is 12.7. The number of imidazole rings is 1. The van der Waals surface area contributed by atoms with E-state index in [1.807, 2.05) is 17.9 Å². The first-order chi connectivity index (χ1) is 7.25. The fourth-order valence-electron chi connectivity index (χ4n) is 1.22. The molecule has 0 aromatic carbocycles. The number of H-pyrrole nitrogens is 1. The van der Waals surface area contributed by atoms with Crippen LogP contribution in [0.25, 0.3) is 10.7 Å². The Hall–Kier alpha value is -1.20. The summed E-state index contributed by atoms with van der Waals surface area (Å²) in [5.74, 6) is 0.901. The third-order valence-electron chi connectivity index (χ3n) is 1.99. The highest BCUT2D eigenvalue weighted by Gasteiger charge is 2.04. The maximum Gasteiger partial charge on any atom is 0.149 e. The Bertz CT molecular complexity index is 405. The summed E-state index contributed by atoms with van der Waals surface area (Å²) in [5, 5.41) is 3.34. The van der Waals surface area contributed by atoms with E-state index in [1.54, 1.807) is 11.3 Å². The quantitative estimate of drug-likeness (QED) is 0.832. The number of hydrogen-bond acceptors (Lipinski definition) is 4. The van der Waals surface area contributed by atoms with Gasteiger partial charge in [-0.15, -0.1) is 11.3 Å². The van der Waals surface area contributed by atoms with Gasteiger partial charge in [-0.05, 0) is 0 Å². The van der Waals surface area contributed by atoms with Crippen LogP contribution in [-0.2, 0) is 6.54 Å². The average molecular weight is 222 g/mol. The average Bonchev–Trinajstić information content (AvgIpc) is 2.85. The largest absolute Gasteiger partial charge is 0.340 e. The number of aromatic nitrogens is 3. The number of hydrogen-bond donors (Lipinski definition) is 2. The van der Waals surface area contributed by atoms with Crippen LogP contribution in [0, 0.1) is 0 Å². The van der Waals surface area contributed by atoms with Gasteiger partial charge in [0.1, 0.15) is 5.82 Å². The Balaban J connectivity index is 2.04. The number of rotatable bonds is 4. The molecule has 0 atom stereocenters. The van der Waals surface area contributed by atoms with Crippen molar-refractivity contribution in [3.05, 3.63) is 23.6 Å². The molecular formula is C10H14N4S. The van der Waals surface area contributed by atoms with Gasteiger partial charge in [-0.1, -0.05) is 13.8 Å². The first-order valence-electron chi connectivity index (χ1n) is 4.92. The van der Waals surface area contributed by atoms with Gasteiger partial charge in [0.25, 0.3) is 0 Å². The van der Waals surface area contributed by atoms with Gasteiger partial charge in [0.2, 0.25) is 0 Å². The predicted octanol–water partition coefficient (Wildman–Crippen LogP) is 2.03. The van der Waals surface area contributed by atoms with Crippen molar-refractivity contribution in [2.24, 2.45) is 0 Å². The third kappa shape index (κ3) is 2.64. The maximum absolute atomic E-state index is 4.31. The predicted molar refractivity (Wildman–Crippen MR) is 61.7 cm³/mol. The Morgan fingerprint density at radius 2 is 2.33 bits per heavy atom. The molecule has 0 fully saturated rings. The van der Waals surface area contributed by atoms with Gasteiger partial charge >= 0.3 is 0 Å². The lowest BCUT2D eigenvalue weighted by Gasteiger charge is -2.05. The fourth-order valence-corrected chi connectivity index (χ4v) is 1.79. The molecule has 80 valence electrons. The molecule has 0 radical (unpaired) electrons. The van der Waals surface area contributed by atoms with Crippen molar-refractivity contribution < 1.29 is 0 Å². The Labute approximate surface area is 92.8 Å². The van der Waals surface area contributed by atoms with Crippen LogP contribution in [-0.4, -0.2) is 21.0 Å². The molecular weight excluding hydrogens is 208 g/mol. The van der Waals surface area contributed by atoms with Gasteiger partial charge in [-0.25, -0.2) is 4.98 Å². The second kappa shape index (κ2) is 4.55. The Morgan fingerprint density at radius 3 is 3.00 bits per heavy atom. The monoisotopic (exact) mass is 222 g/mol. The maximum atomic E-state index is 4.31. The molecule has 0 saturated carbocycles. The SMILES string of the molecule is CC(C)NCc1cnc(-c2cncs2)[nH]1. The number of thiazole rings is 1. The van der Waals surface area contributed by atoms with Crippen LogP contribution in [0.3, 0.4) is 0 Å². The van der Waals surface area contributed by atoms with E-state index in [4.69, 9.17) is 0 Å². The van der Waals surface area contributed by atoms with Crippen LogP contribution in [0.15, 0.2) is 17.9 Å². The lowest BCUT2D eigenvalue weighted by Crippen LogP contribution is -2.21. The fraction of sp³-hybridized carbons (Fsp3) is 0.400. The first kappa shape index (κ1) is 10.3. The molecule has 2 heterocycles. The molecule has 0 amide bonds. The molecule has 2 aromatic heterocycles. The van der Waals surface area contributed by atoms with E-state index in [9.17, 15) is 0 Å². The molecule has 2 aromatic rings. The summed E-state index contributed by atoms with van der Waals surface area (Å²) >= 11 is 1.59. The van der Waals surface area contributed by atoms with Crippen LogP contribution >= 0.6 is 11.3 Å². The lowest BCUT2D eigenvalue weighted by atomic mass is 10.3. The van der Waals surface area contributed by atoms with Crippen LogP contribution in [0.5, 0.6) is 0 Å². The molecule has 4 nitrogen and oxygen atoms in total. The molecule has 0 unspecified atom stereocenters. The van der Waals surface area contributed by atoms with Gasteiger partial charge < -0.3 is 10.3 Å². The zero-order valence-electron chi connectivity index (χ0n) is 8.82. The summed E-state index contributed by atoms with van der Waals surface area (Å²) in [7, 11) is 0. The van der Waals surface area contributed by atoms with Crippen molar-refractivity contribution in [2.45, 2.75) is 26.4 Å². The molecule has 15 heavy (non-hydrogen) atoms. The normalized spacial score (nSPS) is 11.1. The highest BCUT2D eigenvalue weighted by molar-refractivity contribution is 7.13. The van der Waals surface area contributed by atoms with Gasteiger partial charge in [0.15, 0.2) is 0 Å². The van der Waals surface area contributed by atoms with E-state index in [2.05, 4.69) is 34.1 Å². The van der Waals surface area contributed by atoms with Crippen LogP contribution in [0.2, 0.25) is 0 Å². The number of nitrogens with one attached hydrogen (secondary N) is 2. The first-order valence-corrected chi connectivity index (χ1v) is 5.80. The Kier molecular flexibility index (Phi) is 3.13. The van der Waals surface area contributed by atoms with E-state index in [0.717, 1.165) is 22.9 Å². The molecule has 5 heteroatoms. The molecule has 0 bridgehead atoms. The van der Waals surface area contributed by atoms with Crippen molar-refractivity contribution in [3.63, 3.8) is 0 Å². The minimum absolute atomic E-state index is 0.486. The molecule has 2 rings (SSSR count). The van der Waals surface area contributed by atoms with E-state index in [0.29, 0.717) is 6.04 Å². The molecule has 0 spiro atoms. The van der Waals surface area contributed by atoms with Gasteiger partial charge in [-0.2, -0.15) is 0 Å². The molecule has 0 saturated heterocycles.